The first-order chi connectivity index (χ1) is 8.17. The van der Waals surface area contributed by atoms with Crippen molar-refractivity contribution in [2.45, 2.75) is 13.8 Å². The monoisotopic (exact) mass is 237 g/mol. The van der Waals surface area contributed by atoms with Gasteiger partial charge in [-0.2, -0.15) is 0 Å². The predicted octanol–water partition coefficient (Wildman–Crippen LogP) is 1.36. The highest BCUT2D eigenvalue weighted by Crippen LogP contribution is 2.31. The maximum atomic E-state index is 9.77. The van der Waals surface area contributed by atoms with Crippen molar-refractivity contribution in [1.82, 2.24) is 0 Å². The first kappa shape index (κ1) is 13.1. The molecule has 0 aromatic heterocycles. The van der Waals surface area contributed by atoms with Gasteiger partial charge in [0.25, 0.3) is 5.75 Å². The van der Waals surface area contributed by atoms with Crippen LogP contribution in [-0.2, 0) is 0 Å². The summed E-state index contributed by atoms with van der Waals surface area (Å²) < 4.78 is 15.4. The van der Waals surface area contributed by atoms with Crippen LogP contribution in [0.2, 0.25) is 0 Å². The van der Waals surface area contributed by atoms with Gasteiger partial charge in [0.05, 0.1) is 25.5 Å². The lowest BCUT2D eigenvalue weighted by Gasteiger charge is -2.03. The van der Waals surface area contributed by atoms with Crippen molar-refractivity contribution in [2.75, 3.05) is 14.2 Å². The minimum absolute atomic E-state index is 0.0677. The van der Waals surface area contributed by atoms with Crippen LogP contribution >= 0.6 is 0 Å². The number of aromatic hydroxyl groups is 1. The first-order valence-electron chi connectivity index (χ1n) is 5.36. The summed E-state index contributed by atoms with van der Waals surface area (Å²) in [6.45, 7) is 7.67. The van der Waals surface area contributed by atoms with Crippen molar-refractivity contribution in [2.24, 2.45) is 0 Å². The highest BCUT2D eigenvalue weighted by atomic mass is 16.5. The van der Waals surface area contributed by atoms with Crippen LogP contribution in [-0.4, -0.2) is 19.3 Å². The summed E-state index contributed by atoms with van der Waals surface area (Å²) in [5, 5.41) is 10.5. The number of methoxy groups -OCH3 is 2. The van der Waals surface area contributed by atoms with E-state index >= 15 is 0 Å². The maximum Gasteiger partial charge on any atom is 0.406 e. The molecular formula is C13H17O4+. The summed E-state index contributed by atoms with van der Waals surface area (Å²) in [5.74, 6) is 1.05. The van der Waals surface area contributed by atoms with E-state index in [1.165, 1.54) is 14.2 Å². The quantitative estimate of drug-likeness (QED) is 0.790. The van der Waals surface area contributed by atoms with Crippen molar-refractivity contribution in [3.05, 3.63) is 33.5 Å². The van der Waals surface area contributed by atoms with Crippen LogP contribution < -0.4 is 20.1 Å². The number of fused-ring (bicyclic) bond motifs is 1. The van der Waals surface area contributed by atoms with E-state index in [1.54, 1.807) is 12.1 Å². The largest absolute Gasteiger partial charge is 0.501 e. The van der Waals surface area contributed by atoms with Crippen molar-refractivity contribution in [3.63, 3.8) is 0 Å². The SMILES string of the molecule is C=C1C=c2cc(OC)c(O)c(OC)c2=[O+]1.CC. The Bertz CT molecular complexity index is 544. The highest BCUT2D eigenvalue weighted by molar-refractivity contribution is 5.60. The van der Waals surface area contributed by atoms with E-state index in [0.717, 1.165) is 5.22 Å². The van der Waals surface area contributed by atoms with Crippen LogP contribution in [0.25, 0.3) is 6.08 Å². The Hall–Kier alpha value is -1.97. The van der Waals surface area contributed by atoms with Gasteiger partial charge < -0.3 is 14.6 Å². The number of ether oxygens (including phenoxy) is 2. The molecule has 4 nitrogen and oxygen atoms in total. The molecule has 1 aliphatic heterocycles. The average Bonchev–Trinajstić information content (AvgIpc) is 2.71. The van der Waals surface area contributed by atoms with Crippen LogP contribution in [0.3, 0.4) is 0 Å². The van der Waals surface area contributed by atoms with Gasteiger partial charge in [-0.25, -0.2) is 4.42 Å². The Morgan fingerprint density at radius 3 is 2.41 bits per heavy atom. The van der Waals surface area contributed by atoms with Gasteiger partial charge in [-0.3, -0.25) is 0 Å². The molecule has 1 aliphatic rings. The molecule has 1 N–H and O–H groups in total. The smallest absolute Gasteiger partial charge is 0.406 e. The molecule has 1 heterocycles. The Morgan fingerprint density at radius 1 is 1.24 bits per heavy atom. The number of benzene rings is 1. The van der Waals surface area contributed by atoms with Gasteiger partial charge in [0.2, 0.25) is 5.75 Å². The maximum absolute atomic E-state index is 9.77. The molecule has 0 bridgehead atoms. The summed E-state index contributed by atoms with van der Waals surface area (Å²) in [4.78, 5) is 0. The van der Waals surface area contributed by atoms with Gasteiger partial charge in [0, 0.05) is 12.6 Å². The molecule has 1 aromatic carbocycles. The fraction of sp³-hybridized carbons (Fsp3) is 0.308. The fourth-order valence-corrected chi connectivity index (χ4v) is 1.52. The lowest BCUT2D eigenvalue weighted by Crippen LogP contribution is -2.23. The normalized spacial score (nSPS) is 11.6. The summed E-state index contributed by atoms with van der Waals surface area (Å²) in [5.41, 5.74) is 0.473. The third-order valence-electron chi connectivity index (χ3n) is 2.18. The molecule has 0 saturated heterocycles. The van der Waals surface area contributed by atoms with E-state index < -0.39 is 0 Å². The van der Waals surface area contributed by atoms with E-state index in [2.05, 4.69) is 6.58 Å². The zero-order valence-corrected chi connectivity index (χ0v) is 10.5. The Balaban J connectivity index is 0.000000686. The van der Waals surface area contributed by atoms with E-state index in [-0.39, 0.29) is 11.5 Å². The van der Waals surface area contributed by atoms with E-state index in [4.69, 9.17) is 13.9 Å². The molecule has 0 spiro atoms. The summed E-state index contributed by atoms with van der Waals surface area (Å²) in [6.07, 6.45) is 1.75. The van der Waals surface area contributed by atoms with E-state index in [1.807, 2.05) is 13.8 Å². The van der Waals surface area contributed by atoms with Gasteiger partial charge in [-0.05, 0) is 0 Å². The van der Waals surface area contributed by atoms with Gasteiger partial charge in [0.15, 0.2) is 5.75 Å². The lowest BCUT2D eigenvalue weighted by molar-refractivity contribution is 0.337. The zero-order chi connectivity index (χ0) is 13.0. The molecular weight excluding hydrogens is 220 g/mol. The van der Waals surface area contributed by atoms with Gasteiger partial charge in [-0.15, -0.1) is 0 Å². The molecule has 1 aromatic rings. The van der Waals surface area contributed by atoms with Crippen LogP contribution in [0.5, 0.6) is 17.2 Å². The van der Waals surface area contributed by atoms with Crippen LogP contribution in [0.15, 0.2) is 22.8 Å². The van der Waals surface area contributed by atoms with Gasteiger partial charge >= 0.3 is 11.2 Å². The van der Waals surface area contributed by atoms with Crippen molar-refractivity contribution in [1.29, 1.82) is 0 Å². The van der Waals surface area contributed by atoms with Crippen molar-refractivity contribution < 1.29 is 14.6 Å². The summed E-state index contributed by atoms with van der Waals surface area (Å²) >= 11 is 0. The summed E-state index contributed by atoms with van der Waals surface area (Å²) in [7, 11) is 2.94. The number of rotatable bonds is 2. The number of phenols is 1. The van der Waals surface area contributed by atoms with E-state index in [9.17, 15) is 5.11 Å². The predicted molar refractivity (Wildman–Crippen MR) is 67.7 cm³/mol. The molecule has 0 radical (unpaired) electrons. The molecule has 4 heteroatoms. The fourth-order valence-electron chi connectivity index (χ4n) is 1.52. The molecule has 0 unspecified atom stereocenters. The van der Waals surface area contributed by atoms with Crippen LogP contribution in [0, 0.1) is 0 Å². The highest BCUT2D eigenvalue weighted by Gasteiger charge is 2.24. The number of allylic oxidation sites excluding steroid dienone is 1. The first-order valence-corrected chi connectivity index (χ1v) is 5.36. The van der Waals surface area contributed by atoms with Crippen molar-refractivity contribution in [3.8, 4) is 17.2 Å². The molecule has 0 aliphatic carbocycles. The second-order valence-electron chi connectivity index (χ2n) is 3.09. The topological polar surface area (TPSA) is 50.0 Å². The average molecular weight is 237 g/mol. The molecule has 0 amide bonds. The summed E-state index contributed by atoms with van der Waals surface area (Å²) in [6, 6.07) is 1.67. The van der Waals surface area contributed by atoms with E-state index in [0.29, 0.717) is 16.9 Å². The van der Waals surface area contributed by atoms with Gasteiger partial charge in [0.1, 0.15) is 0 Å². The van der Waals surface area contributed by atoms with Crippen LogP contribution in [0.1, 0.15) is 13.8 Å². The molecule has 2 rings (SSSR count). The molecule has 0 atom stereocenters. The standard InChI is InChI=1S/C11H10O4.C2H6/c1-6-4-7-5-8(13-2)9(12)11(14-3)10(7)15-6;1-2/h4-5H,1H2,2-3H3;1-2H3/p+1. The zero-order valence-electron chi connectivity index (χ0n) is 10.5. The Morgan fingerprint density at radius 2 is 1.88 bits per heavy atom. The number of phenolic OH excluding ortho intramolecular Hbond substituents is 1. The minimum atomic E-state index is -0.0677. The lowest BCUT2D eigenvalue weighted by atomic mass is 10.2. The second-order valence-corrected chi connectivity index (χ2v) is 3.09. The number of hydrogen-bond donors (Lipinski definition) is 1. The second kappa shape index (κ2) is 5.39. The van der Waals surface area contributed by atoms with Crippen molar-refractivity contribution >= 4 is 6.08 Å². The molecule has 17 heavy (non-hydrogen) atoms. The third kappa shape index (κ3) is 2.25. The minimum Gasteiger partial charge on any atom is -0.501 e. The van der Waals surface area contributed by atoms with Crippen LogP contribution in [0.4, 0.5) is 0 Å². The molecule has 92 valence electrons. The Labute approximate surface area is 100 Å². The van der Waals surface area contributed by atoms with Gasteiger partial charge in [-0.1, -0.05) is 13.8 Å². The third-order valence-corrected chi connectivity index (χ3v) is 2.18. The molecule has 0 saturated carbocycles. The Kier molecular flexibility index (Phi) is 4.15. The molecule has 0 fully saturated rings. The number of hydrogen-bond acceptors (Lipinski definition) is 3.